The monoisotopic (exact) mass is 552 g/mol. The number of aromatic nitrogens is 3. The number of aliphatic hydroxyl groups excluding tert-OH is 1. The molecule has 2 saturated heterocycles. The number of hydrogen-bond acceptors (Lipinski definition) is 12. The molecule has 31 heavy (non-hydrogen) atoms. The molecular weight excluding hydrogens is 535 g/mol. The van der Waals surface area contributed by atoms with Gasteiger partial charge in [-0.2, -0.15) is 0 Å². The highest BCUT2D eigenvalue weighted by Crippen LogP contribution is 2.64. The predicted molar refractivity (Wildman–Crippen MR) is 118 cm³/mol. The van der Waals surface area contributed by atoms with Gasteiger partial charge in [-0.15, -0.1) is 0 Å². The van der Waals surface area contributed by atoms with Gasteiger partial charge < -0.3 is 15.6 Å². The zero-order chi connectivity index (χ0) is 22.3. The molecule has 0 aromatic carbocycles. The van der Waals surface area contributed by atoms with Crippen molar-refractivity contribution in [3.05, 3.63) is 12.3 Å². The zero-order valence-corrected chi connectivity index (χ0v) is 20.2. The molecule has 0 aliphatic carbocycles. The van der Waals surface area contributed by atoms with Crippen molar-refractivity contribution < 1.29 is 33.0 Å². The van der Waals surface area contributed by atoms with Gasteiger partial charge >= 0.3 is 6.80 Å². The molecule has 5 atom stereocenters. The molecule has 0 amide bonds. The van der Waals surface area contributed by atoms with Gasteiger partial charge in [0.15, 0.2) is 17.0 Å². The summed E-state index contributed by atoms with van der Waals surface area (Å²) in [5.41, 5.74) is 7.07. The number of alkyl halides is 1. The number of halogens is 1. The topological polar surface area (TPSA) is 156 Å². The van der Waals surface area contributed by atoms with E-state index in [4.69, 9.17) is 19.5 Å². The van der Waals surface area contributed by atoms with Gasteiger partial charge in [-0.3, -0.25) is 23.2 Å². The van der Waals surface area contributed by atoms with E-state index < -0.39 is 42.9 Å². The summed E-state index contributed by atoms with van der Waals surface area (Å²) in [7, 11) is 0. The molecule has 2 aromatic rings. The molecule has 0 spiro atoms. The lowest BCUT2D eigenvalue weighted by Gasteiger charge is -2.30. The quantitative estimate of drug-likeness (QED) is 0.222. The summed E-state index contributed by atoms with van der Waals surface area (Å²) in [5.74, 6) is -1.31. The van der Waals surface area contributed by atoms with Gasteiger partial charge in [0.05, 0.1) is 23.4 Å². The number of thioether (sulfide) groups is 1. The largest absolute Gasteiger partial charge is 0.397 e. The van der Waals surface area contributed by atoms with Crippen LogP contribution in [0.25, 0.3) is 11.2 Å². The number of rotatable bonds is 7. The summed E-state index contributed by atoms with van der Waals surface area (Å²) in [6.07, 6.45) is -0.687. The summed E-state index contributed by atoms with van der Waals surface area (Å²) < 4.78 is 30.8. The fraction of sp³-hybridized carbons (Fsp3) is 0.500. The van der Waals surface area contributed by atoms with Gasteiger partial charge in [-0.1, -0.05) is 27.7 Å². The highest BCUT2D eigenvalue weighted by atomic mass is 79.9. The molecular formula is C16H18BrN4O7PS2. The third kappa shape index (κ3) is 4.32. The Hall–Kier alpha value is -0.990. The van der Waals surface area contributed by atoms with E-state index in [0.29, 0.717) is 16.9 Å². The molecule has 2 aliphatic heterocycles. The normalized spacial score (nSPS) is 30.4. The lowest BCUT2D eigenvalue weighted by atomic mass is 10.1. The minimum atomic E-state index is -3.39. The van der Waals surface area contributed by atoms with E-state index >= 15 is 0 Å². The average molecular weight is 553 g/mol. The van der Waals surface area contributed by atoms with Crippen LogP contribution in [-0.4, -0.2) is 73.5 Å². The first-order valence-corrected chi connectivity index (χ1v) is 14.5. The maximum Gasteiger partial charge on any atom is 0.389 e. The van der Waals surface area contributed by atoms with Gasteiger partial charge in [0.1, 0.15) is 23.8 Å². The van der Waals surface area contributed by atoms with Crippen LogP contribution in [-0.2, 0) is 27.9 Å². The standard InChI is InChI=1S/C16H18BrN4O7PS2/c1-30-29(25)26-5-10-13(28-29)12(24)15(27-10)21-14-11(7(18)2-3-19-14)20-16(21)31-6-9(23)8(22)4-17/h2-3,10,12-13,15,24H,4-6H2,1H3,(H2,18,19)/t10-,12?,13?,15-,29?/m1/s1. The van der Waals surface area contributed by atoms with Crippen molar-refractivity contribution >= 4 is 74.3 Å². The molecule has 4 heterocycles. The number of nitrogens with two attached hydrogens (primary N) is 1. The number of hydrogen-bond donors (Lipinski definition) is 2. The molecule has 2 aromatic heterocycles. The van der Waals surface area contributed by atoms with Crippen LogP contribution in [0.5, 0.6) is 0 Å². The number of nitrogen functional groups attached to an aromatic ring is 1. The second-order valence-corrected chi connectivity index (χ2v) is 12.3. The number of nitrogens with zero attached hydrogens (tertiary/aromatic N) is 3. The molecule has 3 N–H and O–H groups in total. The van der Waals surface area contributed by atoms with Crippen LogP contribution >= 0.6 is 45.9 Å². The van der Waals surface area contributed by atoms with E-state index in [1.165, 1.54) is 10.8 Å². The Morgan fingerprint density at radius 2 is 2.23 bits per heavy atom. The third-order valence-corrected chi connectivity index (χ3v) is 9.57. The minimum absolute atomic E-state index is 0.0146. The Morgan fingerprint density at radius 3 is 2.94 bits per heavy atom. The van der Waals surface area contributed by atoms with Crippen molar-refractivity contribution in [2.75, 3.05) is 29.7 Å². The molecule has 15 heteroatoms. The van der Waals surface area contributed by atoms with Crippen LogP contribution in [0.15, 0.2) is 17.4 Å². The highest BCUT2D eigenvalue weighted by molar-refractivity contribution is 9.09. The fourth-order valence-electron chi connectivity index (χ4n) is 3.24. The number of carbonyl (C=O) groups is 2. The Balaban J connectivity index is 1.69. The van der Waals surface area contributed by atoms with Gasteiger partial charge in [0.2, 0.25) is 11.6 Å². The van der Waals surface area contributed by atoms with Gasteiger partial charge in [-0.05, 0) is 23.7 Å². The number of imidazole rings is 1. The second kappa shape index (κ2) is 9.10. The van der Waals surface area contributed by atoms with Gasteiger partial charge in [0, 0.05) is 6.20 Å². The Kier molecular flexibility index (Phi) is 6.80. The fourth-order valence-corrected chi connectivity index (χ4v) is 6.66. The smallest absolute Gasteiger partial charge is 0.389 e. The molecule has 2 fully saturated rings. The van der Waals surface area contributed by atoms with Crippen molar-refractivity contribution in [1.82, 2.24) is 14.5 Å². The number of carbonyl (C=O) groups excluding carboxylic acids is 2. The first-order valence-electron chi connectivity index (χ1n) is 8.97. The number of fused-ring (bicyclic) bond motifs is 2. The first kappa shape index (κ1) is 23.2. The van der Waals surface area contributed by atoms with Gasteiger partial charge in [-0.25, -0.2) is 14.5 Å². The molecule has 3 unspecified atom stereocenters. The van der Waals surface area contributed by atoms with E-state index in [1.807, 2.05) is 0 Å². The maximum absolute atomic E-state index is 12.5. The number of anilines is 1. The van der Waals surface area contributed by atoms with Crippen LogP contribution in [0.1, 0.15) is 6.23 Å². The van der Waals surface area contributed by atoms with Crippen LogP contribution < -0.4 is 5.73 Å². The minimum Gasteiger partial charge on any atom is -0.397 e. The van der Waals surface area contributed by atoms with Crippen LogP contribution in [0.4, 0.5) is 5.69 Å². The molecule has 4 rings (SSSR count). The van der Waals surface area contributed by atoms with Crippen LogP contribution in [0, 0.1) is 0 Å². The van der Waals surface area contributed by atoms with Crippen molar-refractivity contribution in [2.24, 2.45) is 0 Å². The van der Waals surface area contributed by atoms with E-state index in [1.54, 1.807) is 12.3 Å². The first-order chi connectivity index (χ1) is 14.8. The highest BCUT2D eigenvalue weighted by Gasteiger charge is 2.53. The van der Waals surface area contributed by atoms with E-state index in [2.05, 4.69) is 25.9 Å². The van der Waals surface area contributed by atoms with Crippen LogP contribution in [0.2, 0.25) is 0 Å². The SMILES string of the molecule is CSP1(=O)OC[C@H]2O[C@@H](n3c(SCC(=O)C(=O)CBr)nc4c(N)ccnc43)C(O)C2O1. The Labute approximate surface area is 193 Å². The number of Topliss-reactive ketones (excluding diaryl/α,β-unsaturated/α-hetero) is 2. The maximum atomic E-state index is 12.5. The molecule has 2 aliphatic rings. The van der Waals surface area contributed by atoms with E-state index in [-0.39, 0.29) is 22.8 Å². The van der Waals surface area contributed by atoms with Gasteiger partial charge in [0.25, 0.3) is 0 Å². The van der Waals surface area contributed by atoms with E-state index in [9.17, 15) is 19.3 Å². The molecule has 0 saturated carbocycles. The summed E-state index contributed by atoms with van der Waals surface area (Å²) in [4.78, 5) is 32.4. The Morgan fingerprint density at radius 1 is 1.45 bits per heavy atom. The van der Waals surface area contributed by atoms with Crippen molar-refractivity contribution in [3.63, 3.8) is 0 Å². The summed E-state index contributed by atoms with van der Waals surface area (Å²) in [5, 5.41) is 11.2. The van der Waals surface area contributed by atoms with Crippen molar-refractivity contribution in [1.29, 1.82) is 0 Å². The number of ketones is 2. The lowest BCUT2D eigenvalue weighted by molar-refractivity contribution is -0.133. The average Bonchev–Trinajstić information content (AvgIpc) is 3.29. The number of aliphatic hydroxyl groups is 1. The zero-order valence-electron chi connectivity index (χ0n) is 16.0. The van der Waals surface area contributed by atoms with E-state index in [0.717, 1.165) is 23.1 Å². The summed E-state index contributed by atoms with van der Waals surface area (Å²) in [6.45, 7) is -3.40. The molecule has 11 nitrogen and oxygen atoms in total. The summed E-state index contributed by atoms with van der Waals surface area (Å²) >= 11 is 4.92. The Bertz CT molecular complexity index is 1090. The molecule has 0 radical (unpaired) electrons. The van der Waals surface area contributed by atoms with Crippen molar-refractivity contribution in [2.45, 2.75) is 29.7 Å². The van der Waals surface area contributed by atoms with Crippen LogP contribution in [0.3, 0.4) is 0 Å². The third-order valence-electron chi connectivity index (χ3n) is 4.78. The molecule has 168 valence electrons. The number of ether oxygens (including phenoxy) is 1. The number of pyridine rings is 1. The predicted octanol–water partition coefficient (Wildman–Crippen LogP) is 1.78. The second-order valence-electron chi connectivity index (χ2n) is 6.66. The molecule has 0 bridgehead atoms. The lowest BCUT2D eigenvalue weighted by Crippen LogP contribution is -2.38. The van der Waals surface area contributed by atoms with Crippen molar-refractivity contribution in [3.8, 4) is 0 Å². The summed E-state index contributed by atoms with van der Waals surface area (Å²) in [6, 6.07) is 1.57.